The second-order valence-electron chi connectivity index (χ2n) is 5.97. The van der Waals surface area contributed by atoms with Gasteiger partial charge in [0, 0.05) is 42.8 Å². The van der Waals surface area contributed by atoms with E-state index in [1.165, 1.54) is 12.1 Å². The summed E-state index contributed by atoms with van der Waals surface area (Å²) in [6, 6.07) is 12.5. The van der Waals surface area contributed by atoms with Gasteiger partial charge in [-0.1, -0.05) is 6.07 Å². The molecule has 0 radical (unpaired) electrons. The van der Waals surface area contributed by atoms with Crippen LogP contribution in [0.25, 0.3) is 10.9 Å². The molecule has 3 aromatic rings. The Bertz CT molecular complexity index is 880. The topological polar surface area (TPSA) is 50.3 Å². The zero-order valence-electron chi connectivity index (χ0n) is 13.8. The van der Waals surface area contributed by atoms with Crippen LogP contribution in [-0.4, -0.2) is 36.3 Å². The summed E-state index contributed by atoms with van der Waals surface area (Å²) in [6.07, 6.45) is 1.81. The summed E-state index contributed by atoms with van der Waals surface area (Å²) < 4.78 is 18.8. The number of aromatic nitrogens is 2. The third-order valence-corrected chi connectivity index (χ3v) is 4.29. The van der Waals surface area contributed by atoms with Crippen LogP contribution in [0.15, 0.2) is 48.7 Å². The SMILES string of the molecule is Fc1ccc2ccc(NCc3cccnc3N3CCOCC3)nc2c1. The van der Waals surface area contributed by atoms with Crippen molar-refractivity contribution in [2.24, 2.45) is 0 Å². The van der Waals surface area contributed by atoms with Gasteiger partial charge in [0.15, 0.2) is 0 Å². The minimum absolute atomic E-state index is 0.279. The molecule has 0 bridgehead atoms. The van der Waals surface area contributed by atoms with Crippen molar-refractivity contribution in [3.63, 3.8) is 0 Å². The van der Waals surface area contributed by atoms with E-state index >= 15 is 0 Å². The first-order valence-electron chi connectivity index (χ1n) is 8.36. The first-order chi connectivity index (χ1) is 12.3. The second-order valence-corrected chi connectivity index (χ2v) is 5.97. The molecule has 128 valence electrons. The number of morpholine rings is 1. The molecule has 0 amide bonds. The molecule has 1 N–H and O–H groups in total. The minimum atomic E-state index is -0.279. The fraction of sp³-hybridized carbons (Fsp3) is 0.263. The molecule has 1 aliphatic rings. The molecular weight excluding hydrogens is 319 g/mol. The molecule has 4 rings (SSSR count). The number of hydrogen-bond donors (Lipinski definition) is 1. The molecule has 1 aromatic carbocycles. The summed E-state index contributed by atoms with van der Waals surface area (Å²) in [4.78, 5) is 11.3. The summed E-state index contributed by atoms with van der Waals surface area (Å²) in [5.41, 5.74) is 1.75. The number of fused-ring (bicyclic) bond motifs is 1. The summed E-state index contributed by atoms with van der Waals surface area (Å²) in [7, 11) is 0. The average Bonchev–Trinajstić information content (AvgIpc) is 2.67. The number of halogens is 1. The standard InChI is InChI=1S/C19H19FN4O/c20-16-5-3-14-4-6-18(23-17(14)12-16)22-13-15-2-1-7-21-19(15)24-8-10-25-11-9-24/h1-7,12H,8-11,13H2,(H,22,23). The van der Waals surface area contributed by atoms with Gasteiger partial charge in [0.25, 0.3) is 0 Å². The van der Waals surface area contributed by atoms with Crippen molar-refractivity contribution < 1.29 is 9.13 Å². The van der Waals surface area contributed by atoms with E-state index in [9.17, 15) is 4.39 Å². The Morgan fingerprint density at radius 3 is 2.84 bits per heavy atom. The average molecular weight is 338 g/mol. The van der Waals surface area contributed by atoms with E-state index < -0.39 is 0 Å². The van der Waals surface area contributed by atoms with Crippen molar-refractivity contribution >= 4 is 22.5 Å². The van der Waals surface area contributed by atoms with Crippen LogP contribution in [0.3, 0.4) is 0 Å². The zero-order chi connectivity index (χ0) is 17.1. The number of anilines is 2. The molecule has 0 spiro atoms. The van der Waals surface area contributed by atoms with Crippen molar-refractivity contribution in [2.45, 2.75) is 6.54 Å². The Morgan fingerprint density at radius 2 is 1.96 bits per heavy atom. The minimum Gasteiger partial charge on any atom is -0.378 e. The van der Waals surface area contributed by atoms with E-state index in [4.69, 9.17) is 4.74 Å². The smallest absolute Gasteiger partial charge is 0.133 e. The Morgan fingerprint density at radius 1 is 1.12 bits per heavy atom. The maximum atomic E-state index is 13.4. The lowest BCUT2D eigenvalue weighted by Crippen LogP contribution is -2.37. The Labute approximate surface area is 145 Å². The number of ether oxygens (including phenoxy) is 1. The number of hydrogen-bond acceptors (Lipinski definition) is 5. The highest BCUT2D eigenvalue weighted by molar-refractivity contribution is 5.80. The van der Waals surface area contributed by atoms with Gasteiger partial charge in [-0.25, -0.2) is 14.4 Å². The normalized spacial score (nSPS) is 14.7. The van der Waals surface area contributed by atoms with Crippen LogP contribution in [-0.2, 0) is 11.3 Å². The molecule has 0 saturated carbocycles. The van der Waals surface area contributed by atoms with Crippen LogP contribution in [0.5, 0.6) is 0 Å². The molecule has 1 fully saturated rings. The zero-order valence-corrected chi connectivity index (χ0v) is 13.8. The van der Waals surface area contributed by atoms with Crippen LogP contribution in [0, 0.1) is 5.82 Å². The molecule has 0 atom stereocenters. The van der Waals surface area contributed by atoms with Crippen molar-refractivity contribution in [1.82, 2.24) is 9.97 Å². The highest BCUT2D eigenvalue weighted by Gasteiger charge is 2.15. The molecule has 6 heteroatoms. The van der Waals surface area contributed by atoms with E-state index in [2.05, 4.69) is 26.3 Å². The van der Waals surface area contributed by atoms with Gasteiger partial charge in [-0.3, -0.25) is 0 Å². The molecule has 1 saturated heterocycles. The maximum absolute atomic E-state index is 13.4. The third kappa shape index (κ3) is 3.53. The number of nitrogens with zero attached hydrogens (tertiary/aromatic N) is 3. The van der Waals surface area contributed by atoms with Crippen molar-refractivity contribution in [3.05, 3.63) is 60.0 Å². The lowest BCUT2D eigenvalue weighted by Gasteiger charge is -2.29. The first-order valence-corrected chi connectivity index (χ1v) is 8.36. The Balaban J connectivity index is 1.53. The first kappa shape index (κ1) is 15.8. The van der Waals surface area contributed by atoms with Crippen molar-refractivity contribution in [2.75, 3.05) is 36.5 Å². The summed E-state index contributed by atoms with van der Waals surface area (Å²) in [5.74, 6) is 1.42. The molecule has 2 aromatic heterocycles. The van der Waals surface area contributed by atoms with Gasteiger partial charge in [0.2, 0.25) is 0 Å². The van der Waals surface area contributed by atoms with Crippen molar-refractivity contribution in [3.8, 4) is 0 Å². The highest BCUT2D eigenvalue weighted by Crippen LogP contribution is 2.21. The van der Waals surface area contributed by atoms with Gasteiger partial charge in [0.1, 0.15) is 17.5 Å². The van der Waals surface area contributed by atoms with Gasteiger partial charge < -0.3 is 15.0 Å². The van der Waals surface area contributed by atoms with Gasteiger partial charge >= 0.3 is 0 Å². The molecule has 1 aliphatic heterocycles. The second kappa shape index (κ2) is 7.03. The molecule has 0 unspecified atom stereocenters. The molecule has 3 heterocycles. The van der Waals surface area contributed by atoms with Crippen LogP contribution >= 0.6 is 0 Å². The Kier molecular flexibility index (Phi) is 4.43. The van der Waals surface area contributed by atoms with Gasteiger partial charge in [0.05, 0.1) is 18.7 Å². The quantitative estimate of drug-likeness (QED) is 0.792. The number of nitrogens with one attached hydrogen (secondary N) is 1. The molecule has 25 heavy (non-hydrogen) atoms. The molecular formula is C19H19FN4O. The lowest BCUT2D eigenvalue weighted by atomic mass is 10.2. The van der Waals surface area contributed by atoms with E-state index in [-0.39, 0.29) is 5.82 Å². The van der Waals surface area contributed by atoms with E-state index in [0.717, 1.165) is 48.9 Å². The van der Waals surface area contributed by atoms with Crippen LogP contribution < -0.4 is 10.2 Å². The maximum Gasteiger partial charge on any atom is 0.133 e. The summed E-state index contributed by atoms with van der Waals surface area (Å²) in [5, 5.41) is 4.24. The fourth-order valence-corrected chi connectivity index (χ4v) is 3.00. The fourth-order valence-electron chi connectivity index (χ4n) is 3.00. The highest BCUT2D eigenvalue weighted by atomic mass is 19.1. The van der Waals surface area contributed by atoms with E-state index in [1.807, 2.05) is 24.4 Å². The van der Waals surface area contributed by atoms with Gasteiger partial charge in [-0.2, -0.15) is 0 Å². The number of benzene rings is 1. The monoisotopic (exact) mass is 338 g/mol. The molecule has 0 aliphatic carbocycles. The summed E-state index contributed by atoms with van der Waals surface area (Å²) in [6.45, 7) is 3.74. The van der Waals surface area contributed by atoms with Gasteiger partial charge in [-0.05, 0) is 30.3 Å². The Hall–Kier alpha value is -2.73. The van der Waals surface area contributed by atoms with E-state index in [1.54, 1.807) is 6.07 Å². The van der Waals surface area contributed by atoms with Crippen LogP contribution in [0.4, 0.5) is 16.0 Å². The van der Waals surface area contributed by atoms with Gasteiger partial charge in [-0.15, -0.1) is 0 Å². The molecule has 5 nitrogen and oxygen atoms in total. The number of pyridine rings is 2. The van der Waals surface area contributed by atoms with Crippen LogP contribution in [0.1, 0.15) is 5.56 Å². The predicted octanol–water partition coefficient (Wildman–Crippen LogP) is 3.22. The summed E-state index contributed by atoms with van der Waals surface area (Å²) >= 11 is 0. The lowest BCUT2D eigenvalue weighted by molar-refractivity contribution is 0.122. The van der Waals surface area contributed by atoms with E-state index in [0.29, 0.717) is 12.1 Å². The predicted molar refractivity (Wildman–Crippen MR) is 96.3 cm³/mol. The largest absolute Gasteiger partial charge is 0.378 e. The number of rotatable bonds is 4. The van der Waals surface area contributed by atoms with Crippen molar-refractivity contribution in [1.29, 1.82) is 0 Å². The third-order valence-electron chi connectivity index (χ3n) is 4.29. The van der Waals surface area contributed by atoms with Crippen LogP contribution in [0.2, 0.25) is 0 Å².